The average Bonchev–Trinajstić information content (AvgIpc) is 2.78. The number of carbonyl (C=O) groups excluding carboxylic acids is 2. The summed E-state index contributed by atoms with van der Waals surface area (Å²) in [5.41, 5.74) is 0.385. The fourth-order valence-corrected chi connectivity index (χ4v) is 3.20. The van der Waals surface area contributed by atoms with Gasteiger partial charge >= 0.3 is 11.7 Å². The summed E-state index contributed by atoms with van der Waals surface area (Å²) in [6.07, 6.45) is 1.47. The van der Waals surface area contributed by atoms with Gasteiger partial charge in [-0.1, -0.05) is 0 Å². The predicted molar refractivity (Wildman–Crippen MR) is 108 cm³/mol. The largest absolute Gasteiger partial charge is 0.490 e. The van der Waals surface area contributed by atoms with Gasteiger partial charge in [-0.2, -0.15) is 0 Å². The molecule has 2 heterocycles. The Bertz CT molecular complexity index is 939. The van der Waals surface area contributed by atoms with E-state index in [4.69, 9.17) is 9.47 Å². The number of piperazine rings is 1. The second-order valence-corrected chi connectivity index (χ2v) is 6.55. The van der Waals surface area contributed by atoms with Crippen molar-refractivity contribution < 1.29 is 24.0 Å². The quantitative estimate of drug-likeness (QED) is 0.401. The minimum Gasteiger partial charge on any atom is -0.490 e. The van der Waals surface area contributed by atoms with Gasteiger partial charge in [-0.3, -0.25) is 14.9 Å². The molecular weight excluding hydrogens is 392 g/mol. The average molecular weight is 414 g/mol. The summed E-state index contributed by atoms with van der Waals surface area (Å²) >= 11 is 0. The zero-order valence-corrected chi connectivity index (χ0v) is 16.7. The normalized spacial score (nSPS) is 13.7. The van der Waals surface area contributed by atoms with Crippen LogP contribution < -0.4 is 9.64 Å². The van der Waals surface area contributed by atoms with E-state index in [2.05, 4.69) is 4.98 Å². The van der Waals surface area contributed by atoms with E-state index >= 15 is 0 Å². The Balaban J connectivity index is 1.64. The van der Waals surface area contributed by atoms with Gasteiger partial charge in [-0.15, -0.1) is 0 Å². The molecule has 1 saturated heterocycles. The SMILES string of the molecule is CCOC(=O)c1ccc(N2CCN(C(=O)c3ccc(OC)c([N+](=O)[O-])c3)CC2)nc1. The van der Waals surface area contributed by atoms with E-state index in [0.717, 1.165) is 0 Å². The van der Waals surface area contributed by atoms with E-state index in [9.17, 15) is 19.7 Å². The molecule has 30 heavy (non-hydrogen) atoms. The van der Waals surface area contributed by atoms with Gasteiger partial charge in [0.1, 0.15) is 5.82 Å². The van der Waals surface area contributed by atoms with Gasteiger partial charge in [-0.25, -0.2) is 9.78 Å². The van der Waals surface area contributed by atoms with Gasteiger partial charge in [0.05, 0.1) is 24.2 Å². The van der Waals surface area contributed by atoms with Crippen LogP contribution in [0.15, 0.2) is 36.5 Å². The number of methoxy groups -OCH3 is 1. The van der Waals surface area contributed by atoms with Gasteiger partial charge in [0.25, 0.3) is 5.91 Å². The van der Waals surface area contributed by atoms with Gasteiger partial charge in [-0.05, 0) is 31.2 Å². The molecule has 1 aromatic heterocycles. The van der Waals surface area contributed by atoms with Crippen LogP contribution in [0.5, 0.6) is 5.75 Å². The molecule has 0 unspecified atom stereocenters. The Morgan fingerprint density at radius 2 is 1.83 bits per heavy atom. The number of hydrogen-bond donors (Lipinski definition) is 0. The Labute approximate surface area is 173 Å². The zero-order valence-electron chi connectivity index (χ0n) is 16.7. The lowest BCUT2D eigenvalue weighted by molar-refractivity contribution is -0.385. The van der Waals surface area contributed by atoms with Gasteiger partial charge in [0.2, 0.25) is 0 Å². The molecule has 10 nitrogen and oxygen atoms in total. The summed E-state index contributed by atoms with van der Waals surface area (Å²) in [6, 6.07) is 7.60. The third-order valence-electron chi connectivity index (χ3n) is 4.77. The third-order valence-corrected chi connectivity index (χ3v) is 4.77. The molecule has 0 radical (unpaired) electrons. The predicted octanol–water partition coefficient (Wildman–Crippen LogP) is 2.14. The zero-order chi connectivity index (χ0) is 21.7. The van der Waals surface area contributed by atoms with Crippen LogP contribution >= 0.6 is 0 Å². The van der Waals surface area contributed by atoms with Crippen LogP contribution in [0.4, 0.5) is 11.5 Å². The number of carbonyl (C=O) groups is 2. The number of anilines is 1. The molecule has 3 rings (SSSR count). The maximum Gasteiger partial charge on any atom is 0.339 e. The highest BCUT2D eigenvalue weighted by Crippen LogP contribution is 2.28. The Morgan fingerprint density at radius 3 is 2.40 bits per heavy atom. The molecule has 0 saturated carbocycles. The van der Waals surface area contributed by atoms with Gasteiger partial charge in [0.15, 0.2) is 5.75 Å². The van der Waals surface area contributed by atoms with Gasteiger partial charge < -0.3 is 19.3 Å². The molecule has 0 N–H and O–H groups in total. The fourth-order valence-electron chi connectivity index (χ4n) is 3.20. The summed E-state index contributed by atoms with van der Waals surface area (Å²) in [5.74, 6) is 0.125. The molecule has 1 amide bonds. The van der Waals surface area contributed by atoms with E-state index in [0.29, 0.717) is 44.2 Å². The lowest BCUT2D eigenvalue weighted by atomic mass is 10.1. The molecule has 0 bridgehead atoms. The number of aromatic nitrogens is 1. The van der Waals surface area contributed by atoms with Crippen molar-refractivity contribution in [2.75, 3.05) is 44.8 Å². The molecule has 1 aliphatic heterocycles. The van der Waals surface area contributed by atoms with Crippen molar-refractivity contribution in [3.8, 4) is 5.75 Å². The van der Waals surface area contributed by atoms with Crippen LogP contribution in [0.2, 0.25) is 0 Å². The van der Waals surface area contributed by atoms with Crippen LogP contribution in [-0.2, 0) is 4.74 Å². The van der Waals surface area contributed by atoms with Crippen molar-refractivity contribution in [3.63, 3.8) is 0 Å². The number of rotatable bonds is 6. The summed E-state index contributed by atoms with van der Waals surface area (Å²) in [4.78, 5) is 43.1. The van der Waals surface area contributed by atoms with E-state index in [1.54, 1.807) is 24.0 Å². The van der Waals surface area contributed by atoms with E-state index < -0.39 is 10.9 Å². The summed E-state index contributed by atoms with van der Waals surface area (Å²) in [6.45, 7) is 4.03. The number of hydrogen-bond acceptors (Lipinski definition) is 8. The lowest BCUT2D eigenvalue weighted by Gasteiger charge is -2.35. The van der Waals surface area contributed by atoms with E-state index in [1.807, 2.05) is 4.90 Å². The Morgan fingerprint density at radius 1 is 1.13 bits per heavy atom. The highest BCUT2D eigenvalue weighted by molar-refractivity contribution is 5.95. The number of ether oxygens (including phenoxy) is 2. The van der Waals surface area contributed by atoms with Crippen LogP contribution in [0.1, 0.15) is 27.6 Å². The molecule has 2 aromatic rings. The van der Waals surface area contributed by atoms with E-state index in [-0.39, 0.29) is 22.9 Å². The molecule has 1 fully saturated rings. The van der Waals surface area contributed by atoms with Crippen molar-refractivity contribution in [1.29, 1.82) is 0 Å². The number of nitro benzene ring substituents is 1. The smallest absolute Gasteiger partial charge is 0.339 e. The number of nitrogens with zero attached hydrogens (tertiary/aromatic N) is 4. The number of esters is 1. The summed E-state index contributed by atoms with van der Waals surface area (Å²) < 4.78 is 9.92. The highest BCUT2D eigenvalue weighted by atomic mass is 16.6. The van der Waals surface area contributed by atoms with Crippen LogP contribution in [0.25, 0.3) is 0 Å². The van der Waals surface area contributed by atoms with E-state index in [1.165, 1.54) is 31.5 Å². The Hall–Kier alpha value is -3.69. The maximum atomic E-state index is 12.8. The van der Waals surface area contributed by atoms with Crippen LogP contribution in [0, 0.1) is 10.1 Å². The third kappa shape index (κ3) is 4.48. The molecule has 0 aliphatic carbocycles. The Kier molecular flexibility index (Phi) is 6.45. The fraction of sp³-hybridized carbons (Fsp3) is 0.350. The first kappa shape index (κ1) is 21.0. The number of nitro groups is 1. The van der Waals surface area contributed by atoms with Gasteiger partial charge in [0, 0.05) is 44.0 Å². The minimum atomic E-state index is -0.570. The van der Waals surface area contributed by atoms with Crippen LogP contribution in [0.3, 0.4) is 0 Å². The first-order valence-electron chi connectivity index (χ1n) is 9.44. The number of benzene rings is 1. The maximum absolute atomic E-state index is 12.8. The monoisotopic (exact) mass is 414 g/mol. The lowest BCUT2D eigenvalue weighted by Crippen LogP contribution is -2.49. The molecule has 1 aliphatic rings. The second-order valence-electron chi connectivity index (χ2n) is 6.55. The topological polar surface area (TPSA) is 115 Å². The molecular formula is C20H22N4O6. The van der Waals surface area contributed by atoms with Crippen molar-refractivity contribution in [2.24, 2.45) is 0 Å². The molecule has 10 heteroatoms. The first-order valence-corrected chi connectivity index (χ1v) is 9.44. The summed E-state index contributed by atoms with van der Waals surface area (Å²) in [5, 5.41) is 11.2. The molecule has 0 spiro atoms. The summed E-state index contributed by atoms with van der Waals surface area (Å²) in [7, 11) is 1.34. The van der Waals surface area contributed by atoms with Crippen molar-refractivity contribution in [2.45, 2.75) is 6.92 Å². The van der Waals surface area contributed by atoms with Crippen molar-refractivity contribution >= 4 is 23.4 Å². The first-order chi connectivity index (χ1) is 14.4. The number of pyridine rings is 1. The molecule has 158 valence electrons. The standard InChI is InChI=1S/C20H22N4O6/c1-3-30-20(26)15-5-7-18(21-13-15)22-8-10-23(11-9-22)19(25)14-4-6-17(29-2)16(12-14)24(27)28/h4-7,12-13H,3,8-11H2,1-2H3. The molecule has 1 aromatic carbocycles. The van der Waals surface area contributed by atoms with Crippen molar-refractivity contribution in [3.05, 3.63) is 57.8 Å². The van der Waals surface area contributed by atoms with Crippen molar-refractivity contribution in [1.82, 2.24) is 9.88 Å². The minimum absolute atomic E-state index is 0.110. The highest BCUT2D eigenvalue weighted by Gasteiger charge is 2.25. The van der Waals surface area contributed by atoms with Crippen LogP contribution in [-0.4, -0.2) is 66.6 Å². The number of amides is 1. The molecule has 0 atom stereocenters. The second kappa shape index (κ2) is 9.21.